The van der Waals surface area contributed by atoms with E-state index in [0.717, 1.165) is 36.6 Å². The summed E-state index contributed by atoms with van der Waals surface area (Å²) in [5.74, 6) is 0.137. The average molecular weight is 322 g/mol. The molecule has 5 heteroatoms. The zero-order chi connectivity index (χ0) is 13.6. The minimum absolute atomic E-state index is 0. The van der Waals surface area contributed by atoms with Crippen LogP contribution >= 0.6 is 22.9 Å². The summed E-state index contributed by atoms with van der Waals surface area (Å²) in [5, 5.41) is 0.771. The Morgan fingerprint density at radius 1 is 1.10 bits per heavy atom. The van der Waals surface area contributed by atoms with Crippen molar-refractivity contribution in [1.29, 1.82) is 0 Å². The zero-order valence-corrected chi connectivity index (χ0v) is 12.8. The van der Waals surface area contributed by atoms with Gasteiger partial charge in [-0.15, -0.1) is 25.6 Å². The molecule has 2 aromatic rings. The van der Waals surface area contributed by atoms with Gasteiger partial charge in [-0.2, -0.15) is 0 Å². The Bertz CT molecular complexity index is 609. The maximum absolute atomic E-state index is 13.4. The molecule has 1 unspecified atom stereocenters. The average Bonchev–Trinajstić information content (AvgIpc) is 2.92. The summed E-state index contributed by atoms with van der Waals surface area (Å²) in [7, 11) is -1.70. The molecular formula is C15H17ClF3S+. The monoisotopic (exact) mass is 321 g/mol. The summed E-state index contributed by atoms with van der Waals surface area (Å²) >= 11 is 0. The number of hydrogen-bond acceptors (Lipinski definition) is 0. The van der Waals surface area contributed by atoms with Gasteiger partial charge in [0.05, 0.1) is 10.5 Å². The molecule has 0 aliphatic heterocycles. The van der Waals surface area contributed by atoms with Crippen LogP contribution in [-0.4, -0.2) is 0 Å². The van der Waals surface area contributed by atoms with Gasteiger partial charge in [-0.1, -0.05) is 18.9 Å². The van der Waals surface area contributed by atoms with Gasteiger partial charge in [0.1, 0.15) is 0 Å². The number of fused-ring (bicyclic) bond motifs is 1. The Labute approximate surface area is 125 Å². The first-order valence-corrected chi connectivity index (χ1v) is 7.82. The lowest BCUT2D eigenvalue weighted by atomic mass is 10.1. The fraction of sp³-hybridized carbons (Fsp3) is 0.467. The van der Waals surface area contributed by atoms with Crippen molar-refractivity contribution in [3.63, 3.8) is 0 Å². The zero-order valence-electron chi connectivity index (χ0n) is 11.2. The maximum Gasteiger partial charge on any atom is 0.600 e. The van der Waals surface area contributed by atoms with Gasteiger partial charge in [0, 0.05) is 23.4 Å². The highest BCUT2D eigenvalue weighted by molar-refractivity contribution is 7.38. The quantitative estimate of drug-likeness (QED) is 0.529. The summed E-state index contributed by atoms with van der Waals surface area (Å²) in [6, 6.07) is 7.24. The van der Waals surface area contributed by atoms with E-state index in [1.54, 1.807) is 12.1 Å². The van der Waals surface area contributed by atoms with Crippen LogP contribution in [-0.2, 0) is 5.51 Å². The Morgan fingerprint density at radius 2 is 1.75 bits per heavy atom. The third-order valence-electron chi connectivity index (χ3n) is 3.91. The van der Waals surface area contributed by atoms with E-state index < -0.39 is 16.0 Å². The first-order valence-electron chi connectivity index (χ1n) is 6.60. The molecule has 0 N–H and O–H groups in total. The van der Waals surface area contributed by atoms with E-state index in [0.29, 0.717) is 9.58 Å². The van der Waals surface area contributed by atoms with Gasteiger partial charge >= 0.3 is 5.51 Å². The molecule has 1 saturated carbocycles. The van der Waals surface area contributed by atoms with Crippen LogP contribution in [0, 0.1) is 6.92 Å². The summed E-state index contributed by atoms with van der Waals surface area (Å²) in [6.45, 7) is 1.85. The minimum atomic E-state index is -4.15. The Hall–Kier alpha value is -0.740. The molecule has 1 aromatic carbocycles. The van der Waals surface area contributed by atoms with Crippen molar-refractivity contribution >= 4 is 33.0 Å². The smallest absolute Gasteiger partial charge is 0.147 e. The van der Waals surface area contributed by atoms with E-state index in [-0.39, 0.29) is 18.3 Å². The fourth-order valence-corrected chi connectivity index (χ4v) is 5.28. The largest absolute Gasteiger partial charge is 0.600 e. The summed E-state index contributed by atoms with van der Waals surface area (Å²) in [5.41, 5.74) is -3.24. The SMILES string of the molecule is Cc1ccc2cc(C3CCCC3)[s+](C(F)(F)F)c2c1.Cl. The molecule has 1 fully saturated rings. The van der Waals surface area contributed by atoms with Crippen molar-refractivity contribution in [2.24, 2.45) is 0 Å². The highest BCUT2D eigenvalue weighted by Crippen LogP contribution is 2.55. The number of rotatable bonds is 1. The number of aryl methyl sites for hydroxylation is 1. The first kappa shape index (κ1) is 15.6. The van der Waals surface area contributed by atoms with Crippen molar-refractivity contribution in [1.82, 2.24) is 0 Å². The van der Waals surface area contributed by atoms with Gasteiger partial charge in [-0.3, -0.25) is 0 Å². The number of halogens is 4. The normalized spacial score (nSPS) is 17.5. The second-order valence-electron chi connectivity index (χ2n) is 5.32. The van der Waals surface area contributed by atoms with Crippen LogP contribution in [0.4, 0.5) is 13.2 Å². The van der Waals surface area contributed by atoms with Gasteiger partial charge in [0.2, 0.25) is 0 Å². The van der Waals surface area contributed by atoms with Crippen LogP contribution in [0.25, 0.3) is 10.1 Å². The van der Waals surface area contributed by atoms with E-state index in [4.69, 9.17) is 0 Å². The lowest BCUT2D eigenvalue weighted by molar-refractivity contribution is -0.0868. The predicted molar refractivity (Wildman–Crippen MR) is 80.9 cm³/mol. The Kier molecular flexibility index (Phi) is 4.35. The molecule has 3 rings (SSSR count). The summed E-state index contributed by atoms with van der Waals surface area (Å²) in [4.78, 5) is 0.630. The molecule has 0 nitrogen and oxygen atoms in total. The molecule has 20 heavy (non-hydrogen) atoms. The van der Waals surface area contributed by atoms with Crippen molar-refractivity contribution in [3.8, 4) is 0 Å². The van der Waals surface area contributed by atoms with Crippen molar-refractivity contribution in [2.45, 2.75) is 44.0 Å². The molecule has 1 aliphatic carbocycles. The molecule has 1 aliphatic rings. The van der Waals surface area contributed by atoms with E-state index in [2.05, 4.69) is 0 Å². The van der Waals surface area contributed by atoms with Gasteiger partial charge in [-0.25, -0.2) is 0 Å². The highest BCUT2D eigenvalue weighted by Gasteiger charge is 2.49. The predicted octanol–water partition coefficient (Wildman–Crippen LogP) is 6.45. The standard InChI is InChI=1S/C15H16F3S.ClH/c1-10-6-7-12-9-14(11-4-2-3-5-11)19(13(12)8-10)15(16,17)18;/h6-9,11H,2-5H2,1H3;1H/q+1;. The molecule has 0 radical (unpaired) electrons. The first-order chi connectivity index (χ1) is 8.97. The van der Waals surface area contributed by atoms with E-state index in [1.165, 1.54) is 0 Å². The third kappa shape index (κ3) is 2.68. The van der Waals surface area contributed by atoms with Crippen LogP contribution in [0.3, 0.4) is 0 Å². The molecule has 0 spiro atoms. The number of alkyl halides is 3. The lowest BCUT2D eigenvalue weighted by Crippen LogP contribution is -2.00. The van der Waals surface area contributed by atoms with Gasteiger partial charge in [0.25, 0.3) is 0 Å². The number of thiophene rings is 1. The number of hydrogen-bond donors (Lipinski definition) is 0. The van der Waals surface area contributed by atoms with Crippen LogP contribution < -0.4 is 0 Å². The molecule has 1 atom stereocenters. The molecule has 0 saturated heterocycles. The Morgan fingerprint density at radius 3 is 2.35 bits per heavy atom. The summed E-state index contributed by atoms with van der Waals surface area (Å²) < 4.78 is 40.8. The second-order valence-corrected chi connectivity index (χ2v) is 7.31. The topological polar surface area (TPSA) is 0 Å². The van der Waals surface area contributed by atoms with Gasteiger partial charge < -0.3 is 0 Å². The second kappa shape index (κ2) is 5.57. The van der Waals surface area contributed by atoms with Crippen LogP contribution in [0.15, 0.2) is 24.3 Å². The molecule has 1 aromatic heterocycles. The number of benzene rings is 1. The fourth-order valence-electron chi connectivity index (χ4n) is 3.03. The van der Waals surface area contributed by atoms with E-state index in [1.807, 2.05) is 19.1 Å². The Balaban J connectivity index is 0.00000147. The highest BCUT2D eigenvalue weighted by atomic mass is 35.5. The van der Waals surface area contributed by atoms with E-state index in [9.17, 15) is 13.2 Å². The van der Waals surface area contributed by atoms with Crippen molar-refractivity contribution < 1.29 is 13.2 Å². The van der Waals surface area contributed by atoms with Gasteiger partial charge in [0.15, 0.2) is 9.58 Å². The van der Waals surface area contributed by atoms with Crippen molar-refractivity contribution in [2.75, 3.05) is 0 Å². The molecule has 0 amide bonds. The molecule has 1 heterocycles. The van der Waals surface area contributed by atoms with Crippen molar-refractivity contribution in [3.05, 3.63) is 34.7 Å². The van der Waals surface area contributed by atoms with Crippen LogP contribution in [0.5, 0.6) is 0 Å². The van der Waals surface area contributed by atoms with Crippen LogP contribution in [0.2, 0.25) is 0 Å². The van der Waals surface area contributed by atoms with Crippen LogP contribution in [0.1, 0.15) is 42.0 Å². The molecule has 110 valence electrons. The molecular weight excluding hydrogens is 305 g/mol. The third-order valence-corrected chi connectivity index (χ3v) is 6.09. The lowest BCUT2D eigenvalue weighted by Gasteiger charge is -2.05. The minimum Gasteiger partial charge on any atom is -0.147 e. The van der Waals surface area contributed by atoms with Gasteiger partial charge in [-0.05, 0) is 31.4 Å². The van der Waals surface area contributed by atoms with E-state index >= 15 is 0 Å². The maximum atomic E-state index is 13.4. The molecule has 0 bridgehead atoms. The summed E-state index contributed by atoms with van der Waals surface area (Å²) in [6.07, 6.45) is 3.95.